The number of carbonyl (C=O) groups excluding carboxylic acids is 1. The summed E-state index contributed by atoms with van der Waals surface area (Å²) in [7, 11) is 0. The van der Waals surface area contributed by atoms with E-state index in [0.29, 0.717) is 17.9 Å². The topological polar surface area (TPSA) is 81.3 Å². The largest absolute Gasteiger partial charge is 0.435 e. The summed E-state index contributed by atoms with van der Waals surface area (Å²) in [5.41, 5.74) is 10.3. The van der Waals surface area contributed by atoms with Gasteiger partial charge in [0.15, 0.2) is 0 Å². The molecular formula is C23H26F2N4O2. The summed E-state index contributed by atoms with van der Waals surface area (Å²) >= 11 is 0. The van der Waals surface area contributed by atoms with Crippen LogP contribution in [0.1, 0.15) is 38.6 Å². The van der Waals surface area contributed by atoms with Crippen LogP contribution < -0.4 is 21.1 Å². The molecule has 4 N–H and O–H groups in total. The van der Waals surface area contributed by atoms with Crippen molar-refractivity contribution >= 4 is 28.3 Å². The smallest absolute Gasteiger partial charge is 0.387 e. The first-order valence-electron chi connectivity index (χ1n) is 10.5. The van der Waals surface area contributed by atoms with Gasteiger partial charge in [0.05, 0.1) is 16.9 Å². The Labute approximate surface area is 179 Å². The van der Waals surface area contributed by atoms with Crippen molar-refractivity contribution in [3.63, 3.8) is 0 Å². The molecule has 0 bridgehead atoms. The third kappa shape index (κ3) is 4.28. The number of nitrogens with two attached hydrogens (primary N) is 1. The molecule has 0 unspecified atom stereocenters. The Morgan fingerprint density at radius 3 is 2.58 bits per heavy atom. The highest BCUT2D eigenvalue weighted by Crippen LogP contribution is 2.45. The van der Waals surface area contributed by atoms with Crippen molar-refractivity contribution in [3.8, 4) is 17.0 Å². The molecule has 1 saturated carbocycles. The quantitative estimate of drug-likeness (QED) is 0.448. The second kappa shape index (κ2) is 8.83. The average molecular weight is 428 g/mol. The molecule has 1 heterocycles. The number of ether oxygens (including phenoxy) is 1. The Kier molecular flexibility index (Phi) is 5.97. The first kappa shape index (κ1) is 21.0. The number of fused-ring (bicyclic) bond motifs is 1. The van der Waals surface area contributed by atoms with Crippen LogP contribution in [-0.4, -0.2) is 23.8 Å². The highest BCUT2D eigenvalue weighted by Gasteiger charge is 2.27. The van der Waals surface area contributed by atoms with Gasteiger partial charge in [0, 0.05) is 35.3 Å². The molecule has 2 amide bonds. The molecule has 4 rings (SSSR count). The molecule has 8 heteroatoms. The third-order valence-electron chi connectivity index (χ3n) is 5.63. The molecule has 6 nitrogen and oxygen atoms in total. The number of nitrogen functional groups attached to an aromatic ring is 1. The summed E-state index contributed by atoms with van der Waals surface area (Å²) in [6.07, 6.45) is 3.99. The number of halogens is 2. The van der Waals surface area contributed by atoms with E-state index in [1.54, 1.807) is 12.1 Å². The van der Waals surface area contributed by atoms with Crippen molar-refractivity contribution in [2.75, 3.05) is 17.6 Å². The number of anilines is 2. The van der Waals surface area contributed by atoms with Crippen LogP contribution in [0.15, 0.2) is 42.5 Å². The maximum absolute atomic E-state index is 12.7. The van der Waals surface area contributed by atoms with Gasteiger partial charge in [-0.05, 0) is 49.9 Å². The molecule has 0 radical (unpaired) electrons. The summed E-state index contributed by atoms with van der Waals surface area (Å²) < 4.78 is 32.2. The number of alkyl halides is 2. The molecular weight excluding hydrogens is 402 g/mol. The number of aromatic nitrogens is 1. The SMILES string of the molecule is CCCNC(=O)Nc1ccc(-c2c(N)c3ccc(OC(F)F)cc3n2C2CCC2)cc1. The van der Waals surface area contributed by atoms with E-state index in [9.17, 15) is 13.6 Å². The lowest BCUT2D eigenvalue weighted by Gasteiger charge is -2.30. The average Bonchev–Trinajstić information content (AvgIpc) is 2.97. The van der Waals surface area contributed by atoms with Crippen LogP contribution in [0.5, 0.6) is 5.75 Å². The maximum atomic E-state index is 12.7. The van der Waals surface area contributed by atoms with E-state index in [1.165, 1.54) is 6.07 Å². The summed E-state index contributed by atoms with van der Waals surface area (Å²) in [6, 6.07) is 12.4. The number of hydrogen-bond acceptors (Lipinski definition) is 3. The molecule has 3 aromatic rings. The van der Waals surface area contributed by atoms with Crippen molar-refractivity contribution < 1.29 is 18.3 Å². The van der Waals surface area contributed by atoms with Crippen LogP contribution in [0.2, 0.25) is 0 Å². The van der Waals surface area contributed by atoms with Crippen molar-refractivity contribution in [2.45, 2.75) is 45.3 Å². The monoisotopic (exact) mass is 428 g/mol. The van der Waals surface area contributed by atoms with Gasteiger partial charge >= 0.3 is 12.6 Å². The molecule has 2 aromatic carbocycles. The molecule has 0 spiro atoms. The Morgan fingerprint density at radius 2 is 1.97 bits per heavy atom. The number of nitrogens with zero attached hydrogens (tertiary/aromatic N) is 1. The van der Waals surface area contributed by atoms with Crippen LogP contribution >= 0.6 is 0 Å². The Hall–Kier alpha value is -3.29. The van der Waals surface area contributed by atoms with E-state index in [0.717, 1.165) is 47.8 Å². The zero-order valence-electron chi connectivity index (χ0n) is 17.3. The van der Waals surface area contributed by atoms with E-state index in [-0.39, 0.29) is 17.8 Å². The minimum Gasteiger partial charge on any atom is -0.435 e. The Bertz CT molecular complexity index is 1080. The van der Waals surface area contributed by atoms with Crippen LogP contribution in [0.25, 0.3) is 22.2 Å². The van der Waals surface area contributed by atoms with Gasteiger partial charge in [-0.3, -0.25) is 0 Å². The normalized spacial score (nSPS) is 13.9. The van der Waals surface area contributed by atoms with E-state index >= 15 is 0 Å². The van der Waals surface area contributed by atoms with E-state index in [4.69, 9.17) is 5.73 Å². The lowest BCUT2D eigenvalue weighted by molar-refractivity contribution is -0.0497. The first-order chi connectivity index (χ1) is 15.0. The number of amides is 2. The lowest BCUT2D eigenvalue weighted by atomic mass is 9.92. The van der Waals surface area contributed by atoms with Gasteiger partial charge in [-0.1, -0.05) is 19.1 Å². The van der Waals surface area contributed by atoms with Gasteiger partial charge < -0.3 is 25.7 Å². The number of rotatable bonds is 7. The van der Waals surface area contributed by atoms with Gasteiger partial charge in [0.25, 0.3) is 0 Å². The predicted molar refractivity (Wildman–Crippen MR) is 119 cm³/mol. The lowest BCUT2D eigenvalue weighted by Crippen LogP contribution is -2.29. The third-order valence-corrected chi connectivity index (χ3v) is 5.63. The predicted octanol–water partition coefficient (Wildman–Crippen LogP) is 5.75. The van der Waals surface area contributed by atoms with E-state index < -0.39 is 6.61 Å². The standard InChI is InChI=1S/C23H26F2N4O2/c1-2-12-27-23(30)28-15-8-6-14(7-9-15)21-20(26)18-11-10-17(31-22(24)25)13-19(18)29(21)16-4-3-5-16/h6-11,13,16,22H,2-5,12,26H2,1H3,(H2,27,28,30). The summed E-state index contributed by atoms with van der Waals surface area (Å²) in [6.45, 7) is -0.279. The fraction of sp³-hybridized carbons (Fsp3) is 0.348. The molecule has 0 saturated heterocycles. The van der Waals surface area contributed by atoms with Crippen molar-refractivity contribution in [1.29, 1.82) is 0 Å². The van der Waals surface area contributed by atoms with E-state index in [2.05, 4.69) is 19.9 Å². The second-order valence-corrected chi connectivity index (χ2v) is 7.73. The molecule has 0 aliphatic heterocycles. The second-order valence-electron chi connectivity index (χ2n) is 7.73. The summed E-state index contributed by atoms with van der Waals surface area (Å²) in [4.78, 5) is 11.9. The maximum Gasteiger partial charge on any atom is 0.387 e. The van der Waals surface area contributed by atoms with Crippen LogP contribution in [0, 0.1) is 0 Å². The van der Waals surface area contributed by atoms with Gasteiger partial charge in [-0.2, -0.15) is 8.78 Å². The number of hydrogen-bond donors (Lipinski definition) is 3. The fourth-order valence-corrected chi connectivity index (χ4v) is 3.94. The molecule has 31 heavy (non-hydrogen) atoms. The first-order valence-corrected chi connectivity index (χ1v) is 10.5. The molecule has 1 aliphatic carbocycles. The number of carbonyl (C=O) groups is 1. The van der Waals surface area contributed by atoms with Crippen molar-refractivity contribution in [1.82, 2.24) is 9.88 Å². The molecule has 1 fully saturated rings. The highest BCUT2D eigenvalue weighted by atomic mass is 19.3. The fourth-order valence-electron chi connectivity index (χ4n) is 3.94. The van der Waals surface area contributed by atoms with Gasteiger partial charge in [0.2, 0.25) is 0 Å². The van der Waals surface area contributed by atoms with Crippen LogP contribution in [-0.2, 0) is 0 Å². The van der Waals surface area contributed by atoms with Gasteiger partial charge in [-0.25, -0.2) is 4.79 Å². The van der Waals surface area contributed by atoms with Crippen molar-refractivity contribution in [2.24, 2.45) is 0 Å². The molecule has 1 aliphatic rings. The molecule has 164 valence electrons. The van der Waals surface area contributed by atoms with E-state index in [1.807, 2.05) is 31.2 Å². The van der Waals surface area contributed by atoms with Gasteiger partial charge in [-0.15, -0.1) is 0 Å². The Morgan fingerprint density at radius 1 is 1.23 bits per heavy atom. The van der Waals surface area contributed by atoms with Crippen LogP contribution in [0.4, 0.5) is 25.0 Å². The number of urea groups is 1. The minimum absolute atomic E-state index is 0.116. The minimum atomic E-state index is -2.88. The van der Waals surface area contributed by atoms with Crippen molar-refractivity contribution in [3.05, 3.63) is 42.5 Å². The molecule has 0 atom stereocenters. The zero-order valence-corrected chi connectivity index (χ0v) is 17.3. The molecule has 1 aromatic heterocycles. The van der Waals surface area contributed by atoms with Crippen LogP contribution in [0.3, 0.4) is 0 Å². The summed E-state index contributed by atoms with van der Waals surface area (Å²) in [5.74, 6) is 0.116. The highest BCUT2D eigenvalue weighted by molar-refractivity contribution is 6.02. The zero-order chi connectivity index (χ0) is 22.0. The Balaban J connectivity index is 1.71. The number of nitrogens with one attached hydrogen (secondary N) is 2. The number of benzene rings is 2. The van der Waals surface area contributed by atoms with Gasteiger partial charge in [0.1, 0.15) is 5.75 Å². The summed E-state index contributed by atoms with van der Waals surface area (Å²) in [5, 5.41) is 6.39.